The zero-order valence-electron chi connectivity index (χ0n) is 11.5. The summed E-state index contributed by atoms with van der Waals surface area (Å²) in [5.41, 5.74) is 2.63. The average molecular weight is 236 g/mol. The standard InChI is InChI=1S/C15H24O2/c1-5-7-10-14-12(3)9-8-11-15(14)17-13(4)16-6-2/h8-9,11,13H,5-7,10H2,1-4H3. The molecule has 0 N–H and O–H groups in total. The maximum Gasteiger partial charge on any atom is 0.196 e. The van der Waals surface area contributed by atoms with Crippen molar-refractivity contribution < 1.29 is 9.47 Å². The van der Waals surface area contributed by atoms with Gasteiger partial charge in [0.2, 0.25) is 0 Å². The predicted octanol–water partition coefficient (Wildman–Crippen LogP) is 4.10. The van der Waals surface area contributed by atoms with E-state index in [0.717, 1.165) is 12.2 Å². The summed E-state index contributed by atoms with van der Waals surface area (Å²) >= 11 is 0. The maximum atomic E-state index is 5.84. The molecule has 2 heteroatoms. The lowest BCUT2D eigenvalue weighted by molar-refractivity contribution is -0.0618. The molecule has 1 unspecified atom stereocenters. The fraction of sp³-hybridized carbons (Fsp3) is 0.600. The van der Waals surface area contributed by atoms with E-state index in [1.807, 2.05) is 26.0 Å². The second-order valence-electron chi connectivity index (χ2n) is 4.30. The Morgan fingerprint density at radius 2 is 2.00 bits per heavy atom. The molecule has 0 saturated carbocycles. The molecule has 1 rings (SSSR count). The molecular weight excluding hydrogens is 212 g/mol. The van der Waals surface area contributed by atoms with Gasteiger partial charge in [0.1, 0.15) is 5.75 Å². The molecule has 0 heterocycles. The Labute approximate surface area is 105 Å². The van der Waals surface area contributed by atoms with Gasteiger partial charge in [-0.1, -0.05) is 25.5 Å². The zero-order chi connectivity index (χ0) is 12.7. The van der Waals surface area contributed by atoms with Crippen LogP contribution < -0.4 is 4.74 Å². The summed E-state index contributed by atoms with van der Waals surface area (Å²) < 4.78 is 11.3. The van der Waals surface area contributed by atoms with Gasteiger partial charge in [-0.25, -0.2) is 0 Å². The van der Waals surface area contributed by atoms with Crippen LogP contribution in [0, 0.1) is 6.92 Å². The first-order valence-corrected chi connectivity index (χ1v) is 6.55. The highest BCUT2D eigenvalue weighted by atomic mass is 16.7. The summed E-state index contributed by atoms with van der Waals surface area (Å²) in [6, 6.07) is 6.22. The highest BCUT2D eigenvalue weighted by molar-refractivity contribution is 5.39. The van der Waals surface area contributed by atoms with Gasteiger partial charge in [-0.15, -0.1) is 0 Å². The van der Waals surface area contributed by atoms with E-state index in [9.17, 15) is 0 Å². The molecule has 0 saturated heterocycles. The molecule has 0 amide bonds. The second-order valence-corrected chi connectivity index (χ2v) is 4.30. The van der Waals surface area contributed by atoms with Crippen molar-refractivity contribution >= 4 is 0 Å². The Kier molecular flexibility index (Phi) is 6.06. The van der Waals surface area contributed by atoms with Crippen molar-refractivity contribution in [1.29, 1.82) is 0 Å². The van der Waals surface area contributed by atoms with Gasteiger partial charge in [0, 0.05) is 6.61 Å². The Balaban J connectivity index is 2.78. The first kappa shape index (κ1) is 14.0. The molecule has 96 valence electrons. The fourth-order valence-corrected chi connectivity index (χ4v) is 1.91. The molecule has 17 heavy (non-hydrogen) atoms. The molecule has 0 fully saturated rings. The number of ether oxygens (including phenoxy) is 2. The van der Waals surface area contributed by atoms with Crippen LogP contribution in [0.1, 0.15) is 44.7 Å². The molecule has 0 spiro atoms. The third-order valence-corrected chi connectivity index (χ3v) is 2.84. The number of aryl methyl sites for hydroxylation is 1. The van der Waals surface area contributed by atoms with Gasteiger partial charge in [-0.3, -0.25) is 0 Å². The number of unbranched alkanes of at least 4 members (excludes halogenated alkanes) is 1. The van der Waals surface area contributed by atoms with Crippen LogP contribution in [-0.4, -0.2) is 12.9 Å². The van der Waals surface area contributed by atoms with E-state index in [-0.39, 0.29) is 6.29 Å². The van der Waals surface area contributed by atoms with E-state index in [4.69, 9.17) is 9.47 Å². The Morgan fingerprint density at radius 1 is 1.24 bits per heavy atom. The van der Waals surface area contributed by atoms with Crippen LogP contribution in [0.2, 0.25) is 0 Å². The van der Waals surface area contributed by atoms with Gasteiger partial charge < -0.3 is 9.47 Å². The summed E-state index contributed by atoms with van der Waals surface area (Å²) in [6.07, 6.45) is 3.30. The molecule has 0 aliphatic heterocycles. The van der Waals surface area contributed by atoms with Crippen LogP contribution in [-0.2, 0) is 11.2 Å². The minimum Gasteiger partial charge on any atom is -0.465 e. The summed E-state index contributed by atoms with van der Waals surface area (Å²) in [5.74, 6) is 0.972. The lowest BCUT2D eigenvalue weighted by atomic mass is 10.0. The third kappa shape index (κ3) is 4.39. The van der Waals surface area contributed by atoms with Crippen molar-refractivity contribution in [3.8, 4) is 5.75 Å². The van der Waals surface area contributed by atoms with Crippen molar-refractivity contribution in [2.75, 3.05) is 6.61 Å². The largest absolute Gasteiger partial charge is 0.465 e. The molecule has 1 aromatic carbocycles. The van der Waals surface area contributed by atoms with Gasteiger partial charge in [-0.05, 0) is 50.8 Å². The SMILES string of the molecule is CCCCc1c(C)cccc1OC(C)OCC. The van der Waals surface area contributed by atoms with Gasteiger partial charge >= 0.3 is 0 Å². The lowest BCUT2D eigenvalue weighted by Crippen LogP contribution is -2.17. The van der Waals surface area contributed by atoms with Crippen molar-refractivity contribution in [1.82, 2.24) is 0 Å². The van der Waals surface area contributed by atoms with Crippen LogP contribution in [0.5, 0.6) is 5.75 Å². The molecule has 0 bridgehead atoms. The smallest absolute Gasteiger partial charge is 0.196 e. The lowest BCUT2D eigenvalue weighted by Gasteiger charge is -2.18. The van der Waals surface area contributed by atoms with E-state index >= 15 is 0 Å². The van der Waals surface area contributed by atoms with Gasteiger partial charge in [-0.2, -0.15) is 0 Å². The second kappa shape index (κ2) is 7.33. The molecule has 0 aliphatic carbocycles. The minimum atomic E-state index is -0.179. The zero-order valence-corrected chi connectivity index (χ0v) is 11.5. The van der Waals surface area contributed by atoms with Crippen molar-refractivity contribution in [3.05, 3.63) is 29.3 Å². The van der Waals surface area contributed by atoms with E-state index in [1.165, 1.54) is 24.0 Å². The van der Waals surface area contributed by atoms with Crippen LogP contribution >= 0.6 is 0 Å². The number of rotatable bonds is 7. The first-order valence-electron chi connectivity index (χ1n) is 6.55. The number of benzene rings is 1. The van der Waals surface area contributed by atoms with Crippen LogP contribution in [0.4, 0.5) is 0 Å². The summed E-state index contributed by atoms with van der Waals surface area (Å²) in [7, 11) is 0. The van der Waals surface area contributed by atoms with E-state index < -0.39 is 0 Å². The Bertz CT molecular complexity index is 334. The molecule has 1 atom stereocenters. The summed E-state index contributed by atoms with van der Waals surface area (Å²) in [4.78, 5) is 0. The number of hydrogen-bond acceptors (Lipinski definition) is 2. The molecular formula is C15H24O2. The van der Waals surface area contributed by atoms with Crippen molar-refractivity contribution in [2.45, 2.75) is 53.2 Å². The fourth-order valence-electron chi connectivity index (χ4n) is 1.91. The average Bonchev–Trinajstić information content (AvgIpc) is 2.28. The third-order valence-electron chi connectivity index (χ3n) is 2.84. The van der Waals surface area contributed by atoms with Gasteiger partial charge in [0.25, 0.3) is 0 Å². The monoisotopic (exact) mass is 236 g/mol. The van der Waals surface area contributed by atoms with Crippen LogP contribution in [0.3, 0.4) is 0 Å². The molecule has 0 radical (unpaired) electrons. The number of hydrogen-bond donors (Lipinski definition) is 0. The first-order chi connectivity index (χ1) is 8.19. The molecule has 2 nitrogen and oxygen atoms in total. The Hall–Kier alpha value is -1.02. The highest BCUT2D eigenvalue weighted by Gasteiger charge is 2.09. The normalized spacial score (nSPS) is 12.5. The molecule has 0 aliphatic rings. The maximum absolute atomic E-state index is 5.84. The van der Waals surface area contributed by atoms with Crippen molar-refractivity contribution in [2.24, 2.45) is 0 Å². The molecule has 1 aromatic rings. The van der Waals surface area contributed by atoms with Crippen molar-refractivity contribution in [3.63, 3.8) is 0 Å². The van der Waals surface area contributed by atoms with E-state index in [0.29, 0.717) is 6.61 Å². The quantitative estimate of drug-likeness (QED) is 0.664. The van der Waals surface area contributed by atoms with E-state index in [1.54, 1.807) is 0 Å². The van der Waals surface area contributed by atoms with Gasteiger partial charge in [0.05, 0.1) is 0 Å². The summed E-state index contributed by atoms with van der Waals surface area (Å²) in [6.45, 7) is 8.95. The van der Waals surface area contributed by atoms with Crippen LogP contribution in [0.15, 0.2) is 18.2 Å². The topological polar surface area (TPSA) is 18.5 Å². The highest BCUT2D eigenvalue weighted by Crippen LogP contribution is 2.25. The molecule has 0 aromatic heterocycles. The summed E-state index contributed by atoms with van der Waals surface area (Å²) in [5, 5.41) is 0. The van der Waals surface area contributed by atoms with E-state index in [2.05, 4.69) is 19.9 Å². The predicted molar refractivity (Wildman–Crippen MR) is 71.5 cm³/mol. The Morgan fingerprint density at radius 3 is 2.65 bits per heavy atom. The van der Waals surface area contributed by atoms with Crippen LogP contribution in [0.25, 0.3) is 0 Å². The minimum absolute atomic E-state index is 0.179. The van der Waals surface area contributed by atoms with Gasteiger partial charge in [0.15, 0.2) is 6.29 Å².